The molecular formula is C17H33IN4O4. The summed E-state index contributed by atoms with van der Waals surface area (Å²) in [6.45, 7) is 9.14. The molecule has 0 radical (unpaired) electrons. The van der Waals surface area contributed by atoms with Gasteiger partial charge >= 0.3 is 12.1 Å². The van der Waals surface area contributed by atoms with E-state index in [1.165, 1.54) is 0 Å². The van der Waals surface area contributed by atoms with Crippen molar-refractivity contribution in [2.45, 2.75) is 52.5 Å². The quantitative estimate of drug-likeness (QED) is 0.180. The molecule has 1 amide bonds. The van der Waals surface area contributed by atoms with Gasteiger partial charge in [0.25, 0.3) is 0 Å². The van der Waals surface area contributed by atoms with Crippen molar-refractivity contribution in [3.05, 3.63) is 0 Å². The number of nitrogens with one attached hydrogen (secondary N) is 2. The van der Waals surface area contributed by atoms with Gasteiger partial charge in [-0.2, -0.15) is 0 Å². The number of esters is 1. The maximum Gasteiger partial charge on any atom is 0.409 e. The maximum atomic E-state index is 11.7. The summed E-state index contributed by atoms with van der Waals surface area (Å²) in [5.74, 6) is 0.572. The van der Waals surface area contributed by atoms with Crippen molar-refractivity contribution in [2.75, 3.05) is 39.4 Å². The molecular weight excluding hydrogens is 451 g/mol. The summed E-state index contributed by atoms with van der Waals surface area (Å²) in [4.78, 5) is 29.3. The first-order chi connectivity index (χ1) is 12.1. The molecule has 26 heavy (non-hydrogen) atoms. The average Bonchev–Trinajstić information content (AvgIpc) is 2.60. The summed E-state index contributed by atoms with van der Waals surface area (Å²) in [6.07, 6.45) is 2.52. The van der Waals surface area contributed by atoms with Crippen LogP contribution in [0.5, 0.6) is 0 Å². The number of guanidine groups is 1. The molecule has 1 fully saturated rings. The Morgan fingerprint density at radius 1 is 1.12 bits per heavy atom. The van der Waals surface area contributed by atoms with Crippen LogP contribution in [0, 0.1) is 0 Å². The van der Waals surface area contributed by atoms with E-state index in [1.807, 2.05) is 13.8 Å². The fourth-order valence-corrected chi connectivity index (χ4v) is 2.58. The Balaban J connectivity index is 0.00000625. The number of piperidine rings is 1. The lowest BCUT2D eigenvalue weighted by atomic mass is 10.1. The van der Waals surface area contributed by atoms with Gasteiger partial charge in [0.05, 0.1) is 13.2 Å². The topological polar surface area (TPSA) is 92.3 Å². The molecule has 152 valence electrons. The van der Waals surface area contributed by atoms with E-state index in [0.717, 1.165) is 25.3 Å². The van der Waals surface area contributed by atoms with E-state index in [4.69, 9.17) is 9.47 Å². The van der Waals surface area contributed by atoms with E-state index in [2.05, 4.69) is 15.6 Å². The standard InChI is InChI=1S/C17H32N4O4.HI/c1-4-18-16(19-11-7-8-15(22)24-5-2)20-14-9-12-21(13-10-14)17(23)25-6-3;/h14H,4-13H2,1-3H3,(H2,18,19,20);1H. The van der Waals surface area contributed by atoms with Crippen LogP contribution in [0.3, 0.4) is 0 Å². The van der Waals surface area contributed by atoms with Crippen LogP contribution in [0.4, 0.5) is 4.79 Å². The number of hydrogen-bond donors (Lipinski definition) is 2. The lowest BCUT2D eigenvalue weighted by molar-refractivity contribution is -0.143. The van der Waals surface area contributed by atoms with Gasteiger partial charge in [-0.3, -0.25) is 9.79 Å². The largest absolute Gasteiger partial charge is 0.466 e. The number of carbonyl (C=O) groups excluding carboxylic acids is 2. The van der Waals surface area contributed by atoms with E-state index in [-0.39, 0.29) is 42.1 Å². The normalized spacial score (nSPS) is 15.0. The Bertz CT molecular complexity index is 440. The number of ether oxygens (including phenoxy) is 2. The first kappa shape index (κ1) is 24.7. The Morgan fingerprint density at radius 3 is 2.35 bits per heavy atom. The smallest absolute Gasteiger partial charge is 0.409 e. The van der Waals surface area contributed by atoms with E-state index >= 15 is 0 Å². The van der Waals surface area contributed by atoms with Gasteiger partial charge in [0.15, 0.2) is 5.96 Å². The van der Waals surface area contributed by atoms with Gasteiger partial charge in [-0.25, -0.2) is 4.79 Å². The molecule has 0 unspecified atom stereocenters. The Kier molecular flexibility index (Phi) is 14.1. The maximum absolute atomic E-state index is 11.7. The van der Waals surface area contributed by atoms with E-state index in [0.29, 0.717) is 45.7 Å². The van der Waals surface area contributed by atoms with Crippen molar-refractivity contribution in [2.24, 2.45) is 4.99 Å². The fourth-order valence-electron chi connectivity index (χ4n) is 2.58. The summed E-state index contributed by atoms with van der Waals surface area (Å²) in [7, 11) is 0. The SMILES string of the molecule is CCNC(=NCCCC(=O)OCC)NC1CCN(C(=O)OCC)CC1.I. The number of rotatable bonds is 8. The Hall–Kier alpha value is -1.26. The van der Waals surface area contributed by atoms with Crippen LogP contribution in [-0.4, -0.2) is 68.4 Å². The van der Waals surface area contributed by atoms with Crippen LogP contribution < -0.4 is 10.6 Å². The summed E-state index contributed by atoms with van der Waals surface area (Å²) in [6, 6.07) is 0.272. The first-order valence-corrected chi connectivity index (χ1v) is 9.22. The summed E-state index contributed by atoms with van der Waals surface area (Å²) in [5, 5.41) is 6.62. The highest BCUT2D eigenvalue weighted by molar-refractivity contribution is 14.0. The molecule has 0 atom stereocenters. The molecule has 0 aromatic rings. The average molecular weight is 484 g/mol. The van der Waals surface area contributed by atoms with E-state index in [1.54, 1.807) is 11.8 Å². The van der Waals surface area contributed by atoms with Crippen molar-refractivity contribution in [1.29, 1.82) is 0 Å². The van der Waals surface area contributed by atoms with Gasteiger partial charge in [0.2, 0.25) is 0 Å². The number of amides is 1. The number of halogens is 1. The van der Waals surface area contributed by atoms with Crippen LogP contribution in [-0.2, 0) is 14.3 Å². The molecule has 9 heteroatoms. The highest BCUT2D eigenvalue weighted by Crippen LogP contribution is 2.11. The van der Waals surface area contributed by atoms with Gasteiger partial charge in [-0.05, 0) is 40.0 Å². The predicted molar refractivity (Wildman–Crippen MR) is 112 cm³/mol. The van der Waals surface area contributed by atoms with Crippen LogP contribution in [0.15, 0.2) is 4.99 Å². The van der Waals surface area contributed by atoms with Crippen LogP contribution in [0.1, 0.15) is 46.5 Å². The van der Waals surface area contributed by atoms with E-state index in [9.17, 15) is 9.59 Å². The van der Waals surface area contributed by atoms with Crippen LogP contribution >= 0.6 is 24.0 Å². The van der Waals surface area contributed by atoms with Gasteiger partial charge in [-0.15, -0.1) is 24.0 Å². The number of carbonyl (C=O) groups is 2. The molecule has 0 spiro atoms. The minimum Gasteiger partial charge on any atom is -0.466 e. The van der Waals surface area contributed by atoms with Crippen molar-refractivity contribution < 1.29 is 19.1 Å². The third kappa shape index (κ3) is 10.0. The molecule has 1 aliphatic rings. The second kappa shape index (κ2) is 14.9. The number of nitrogens with zero attached hydrogens (tertiary/aromatic N) is 2. The fraction of sp³-hybridized carbons (Fsp3) is 0.824. The van der Waals surface area contributed by atoms with Crippen LogP contribution in [0.2, 0.25) is 0 Å². The van der Waals surface area contributed by atoms with Gasteiger partial charge in [0, 0.05) is 38.6 Å². The van der Waals surface area contributed by atoms with Gasteiger partial charge < -0.3 is 25.0 Å². The molecule has 8 nitrogen and oxygen atoms in total. The molecule has 1 aliphatic heterocycles. The minimum atomic E-state index is -0.236. The van der Waals surface area contributed by atoms with Crippen LogP contribution in [0.25, 0.3) is 0 Å². The molecule has 0 bridgehead atoms. The lowest BCUT2D eigenvalue weighted by Gasteiger charge is -2.32. The third-order valence-electron chi connectivity index (χ3n) is 3.82. The molecule has 0 aliphatic carbocycles. The molecule has 1 saturated heterocycles. The van der Waals surface area contributed by atoms with Crippen molar-refractivity contribution in [3.8, 4) is 0 Å². The van der Waals surface area contributed by atoms with Crippen molar-refractivity contribution >= 4 is 42.0 Å². The molecule has 1 heterocycles. The molecule has 0 aromatic heterocycles. The van der Waals surface area contributed by atoms with Crippen molar-refractivity contribution in [3.63, 3.8) is 0 Å². The van der Waals surface area contributed by atoms with Gasteiger partial charge in [0.1, 0.15) is 0 Å². The zero-order chi connectivity index (χ0) is 18.5. The highest BCUT2D eigenvalue weighted by Gasteiger charge is 2.23. The molecule has 1 rings (SSSR count). The molecule has 2 N–H and O–H groups in total. The number of aliphatic imine (C=N–C) groups is 1. The summed E-state index contributed by atoms with van der Waals surface area (Å²) >= 11 is 0. The molecule has 0 saturated carbocycles. The van der Waals surface area contributed by atoms with Crippen molar-refractivity contribution in [1.82, 2.24) is 15.5 Å². The monoisotopic (exact) mass is 484 g/mol. The summed E-state index contributed by atoms with van der Waals surface area (Å²) < 4.78 is 9.93. The molecule has 0 aromatic carbocycles. The second-order valence-electron chi connectivity index (χ2n) is 5.77. The predicted octanol–water partition coefficient (Wildman–Crippen LogP) is 2.12. The highest BCUT2D eigenvalue weighted by atomic mass is 127. The number of likely N-dealkylation sites (tertiary alicyclic amines) is 1. The van der Waals surface area contributed by atoms with Gasteiger partial charge in [-0.1, -0.05) is 0 Å². The zero-order valence-electron chi connectivity index (χ0n) is 16.1. The Labute approximate surface area is 173 Å². The Morgan fingerprint density at radius 2 is 1.77 bits per heavy atom. The number of hydrogen-bond acceptors (Lipinski definition) is 5. The lowest BCUT2D eigenvalue weighted by Crippen LogP contribution is -2.49. The minimum absolute atomic E-state index is 0. The summed E-state index contributed by atoms with van der Waals surface area (Å²) in [5.41, 5.74) is 0. The second-order valence-corrected chi connectivity index (χ2v) is 5.77. The zero-order valence-corrected chi connectivity index (χ0v) is 18.4. The third-order valence-corrected chi connectivity index (χ3v) is 3.82. The first-order valence-electron chi connectivity index (χ1n) is 9.22. The van der Waals surface area contributed by atoms with E-state index < -0.39 is 0 Å².